The highest BCUT2D eigenvalue weighted by molar-refractivity contribution is 6.30. The van der Waals surface area contributed by atoms with Gasteiger partial charge in [-0.2, -0.15) is 0 Å². The topological polar surface area (TPSA) is 99.9 Å². The lowest BCUT2D eigenvalue weighted by atomic mass is 9.77. The molecule has 1 saturated heterocycles. The largest absolute Gasteiger partial charge is 0.356 e. The molecule has 0 radical (unpaired) electrons. The molecule has 0 saturated carbocycles. The first-order valence-electron chi connectivity index (χ1n) is 9.33. The van der Waals surface area contributed by atoms with Gasteiger partial charge in [-0.05, 0) is 43.5 Å². The Morgan fingerprint density at radius 2 is 2.14 bits per heavy atom. The van der Waals surface area contributed by atoms with E-state index in [1.165, 1.54) is 0 Å². The summed E-state index contributed by atoms with van der Waals surface area (Å²) in [4.78, 5) is 27.2. The van der Waals surface area contributed by atoms with E-state index in [9.17, 15) is 4.79 Å². The quantitative estimate of drug-likeness (QED) is 0.627. The number of halogens is 1. The SMILES string of the molecule is Cc1c[nH]c2ncnc(N3CCC(CN)(C(=O)Nc4cccc(Cl)c4)CC3)c12. The molecule has 1 amide bonds. The van der Waals surface area contributed by atoms with Gasteiger partial charge in [-0.3, -0.25) is 4.79 Å². The van der Waals surface area contributed by atoms with Crippen LogP contribution in [0.5, 0.6) is 0 Å². The van der Waals surface area contributed by atoms with E-state index in [2.05, 4.69) is 25.2 Å². The number of aromatic nitrogens is 3. The van der Waals surface area contributed by atoms with Gasteiger partial charge in [-0.15, -0.1) is 0 Å². The Bertz CT molecular complexity index is 1010. The van der Waals surface area contributed by atoms with Crippen LogP contribution in [0.3, 0.4) is 0 Å². The third-order valence-corrected chi connectivity index (χ3v) is 5.86. The van der Waals surface area contributed by atoms with E-state index in [4.69, 9.17) is 17.3 Å². The molecule has 3 aromatic rings. The van der Waals surface area contributed by atoms with Crippen molar-refractivity contribution in [1.29, 1.82) is 0 Å². The fourth-order valence-corrected chi connectivity index (χ4v) is 4.03. The lowest BCUT2D eigenvalue weighted by molar-refractivity contribution is -0.126. The van der Waals surface area contributed by atoms with Gasteiger partial charge < -0.3 is 20.9 Å². The summed E-state index contributed by atoms with van der Waals surface area (Å²) in [5, 5.41) is 4.60. The van der Waals surface area contributed by atoms with Gasteiger partial charge >= 0.3 is 0 Å². The second-order valence-electron chi connectivity index (χ2n) is 7.33. The maximum atomic E-state index is 13.0. The zero-order valence-corrected chi connectivity index (χ0v) is 16.5. The van der Waals surface area contributed by atoms with Gasteiger partial charge in [0, 0.05) is 36.5 Å². The molecule has 1 aliphatic heterocycles. The summed E-state index contributed by atoms with van der Waals surface area (Å²) in [5.41, 5.74) is 8.10. The van der Waals surface area contributed by atoms with E-state index in [0.29, 0.717) is 43.2 Å². The number of carbonyl (C=O) groups is 1. The molecule has 4 rings (SSSR count). The maximum Gasteiger partial charge on any atom is 0.232 e. The summed E-state index contributed by atoms with van der Waals surface area (Å²) in [6.07, 6.45) is 4.83. The molecule has 1 aliphatic rings. The standard InChI is InChI=1S/C20H23ClN6O/c1-13-10-23-17-16(13)18(25-12-24-17)27-7-5-20(11-22,6-8-27)19(28)26-15-4-2-3-14(21)9-15/h2-4,9-10,12H,5-8,11,22H2,1H3,(H,26,28)(H,23,24,25). The monoisotopic (exact) mass is 398 g/mol. The second kappa shape index (κ2) is 7.41. The average Bonchev–Trinajstić information content (AvgIpc) is 3.09. The van der Waals surface area contributed by atoms with E-state index in [1.807, 2.05) is 25.3 Å². The van der Waals surface area contributed by atoms with E-state index in [-0.39, 0.29) is 5.91 Å². The van der Waals surface area contributed by atoms with Gasteiger partial charge in [0.05, 0.1) is 10.8 Å². The van der Waals surface area contributed by atoms with Crippen LogP contribution >= 0.6 is 11.6 Å². The molecule has 0 aliphatic carbocycles. The van der Waals surface area contributed by atoms with Crippen molar-refractivity contribution in [3.05, 3.63) is 47.4 Å². The van der Waals surface area contributed by atoms with Crippen LogP contribution in [0.2, 0.25) is 5.02 Å². The van der Waals surface area contributed by atoms with Gasteiger partial charge in [0.1, 0.15) is 17.8 Å². The lowest BCUT2D eigenvalue weighted by Gasteiger charge is -2.40. The molecular weight excluding hydrogens is 376 g/mol. The third kappa shape index (κ3) is 3.31. The summed E-state index contributed by atoms with van der Waals surface area (Å²) < 4.78 is 0. The molecule has 1 fully saturated rings. The highest BCUT2D eigenvalue weighted by Gasteiger charge is 2.41. The number of carbonyl (C=O) groups excluding carboxylic acids is 1. The summed E-state index contributed by atoms with van der Waals surface area (Å²) in [6.45, 7) is 3.75. The van der Waals surface area contributed by atoms with Gasteiger partial charge in [-0.1, -0.05) is 17.7 Å². The number of nitrogens with two attached hydrogens (primary N) is 1. The highest BCUT2D eigenvalue weighted by atomic mass is 35.5. The van der Waals surface area contributed by atoms with Crippen molar-refractivity contribution in [3.63, 3.8) is 0 Å². The Balaban J connectivity index is 1.52. The van der Waals surface area contributed by atoms with Crippen LogP contribution in [0.25, 0.3) is 11.0 Å². The average molecular weight is 399 g/mol. The number of fused-ring (bicyclic) bond motifs is 1. The number of piperidine rings is 1. The van der Waals surface area contributed by atoms with Crippen molar-refractivity contribution in [2.45, 2.75) is 19.8 Å². The van der Waals surface area contributed by atoms with E-state index < -0.39 is 5.41 Å². The Kier molecular flexibility index (Phi) is 4.95. The van der Waals surface area contributed by atoms with Crippen molar-refractivity contribution in [1.82, 2.24) is 15.0 Å². The summed E-state index contributed by atoms with van der Waals surface area (Å²) in [6, 6.07) is 7.16. The molecule has 28 heavy (non-hydrogen) atoms. The third-order valence-electron chi connectivity index (χ3n) is 5.62. The molecule has 4 N–H and O–H groups in total. The zero-order valence-electron chi connectivity index (χ0n) is 15.7. The first-order chi connectivity index (χ1) is 13.5. The van der Waals surface area contributed by atoms with Crippen molar-refractivity contribution < 1.29 is 4.79 Å². The van der Waals surface area contributed by atoms with Gasteiger partial charge in [0.2, 0.25) is 5.91 Å². The van der Waals surface area contributed by atoms with Crippen LogP contribution in [0.1, 0.15) is 18.4 Å². The van der Waals surface area contributed by atoms with Crippen LogP contribution in [0.15, 0.2) is 36.8 Å². The molecule has 0 spiro atoms. The minimum absolute atomic E-state index is 0.0532. The van der Waals surface area contributed by atoms with Crippen LogP contribution in [0.4, 0.5) is 11.5 Å². The first-order valence-corrected chi connectivity index (χ1v) is 9.71. The summed E-state index contributed by atoms with van der Waals surface area (Å²) >= 11 is 6.02. The number of nitrogens with zero attached hydrogens (tertiary/aromatic N) is 3. The van der Waals surface area contributed by atoms with Crippen molar-refractivity contribution in [3.8, 4) is 0 Å². The Hall–Kier alpha value is -2.64. The number of benzene rings is 1. The van der Waals surface area contributed by atoms with Crippen LogP contribution < -0.4 is 16.0 Å². The highest BCUT2D eigenvalue weighted by Crippen LogP contribution is 2.36. The van der Waals surface area contributed by atoms with Gasteiger partial charge in [0.15, 0.2) is 0 Å². The fourth-order valence-electron chi connectivity index (χ4n) is 3.84. The van der Waals surface area contributed by atoms with Crippen LogP contribution in [-0.2, 0) is 4.79 Å². The number of nitrogens with one attached hydrogen (secondary N) is 2. The van der Waals surface area contributed by atoms with Gasteiger partial charge in [0.25, 0.3) is 0 Å². The Labute approximate surface area is 168 Å². The number of hydrogen-bond acceptors (Lipinski definition) is 5. The lowest BCUT2D eigenvalue weighted by Crippen LogP contribution is -2.50. The van der Waals surface area contributed by atoms with E-state index >= 15 is 0 Å². The number of H-pyrrole nitrogens is 1. The normalized spacial score (nSPS) is 16.3. The Morgan fingerprint density at radius 1 is 1.36 bits per heavy atom. The summed E-state index contributed by atoms with van der Waals surface area (Å²) in [7, 11) is 0. The number of amides is 1. The fraction of sp³-hybridized carbons (Fsp3) is 0.350. The first kappa shape index (κ1) is 18.7. The zero-order chi connectivity index (χ0) is 19.7. The van der Waals surface area contributed by atoms with Crippen molar-refractivity contribution in [2.24, 2.45) is 11.1 Å². The van der Waals surface area contributed by atoms with Crippen LogP contribution in [0, 0.1) is 12.3 Å². The molecule has 0 bridgehead atoms. The number of hydrogen-bond donors (Lipinski definition) is 3. The molecule has 7 nitrogen and oxygen atoms in total. The molecule has 8 heteroatoms. The minimum Gasteiger partial charge on any atom is -0.356 e. The number of rotatable bonds is 4. The predicted octanol–water partition coefficient (Wildman–Crippen LogP) is 3.10. The smallest absolute Gasteiger partial charge is 0.232 e. The number of aromatic amines is 1. The van der Waals surface area contributed by atoms with Crippen LogP contribution in [-0.4, -0.2) is 40.5 Å². The van der Waals surface area contributed by atoms with E-state index in [0.717, 1.165) is 22.4 Å². The number of aryl methyl sites for hydroxylation is 1. The molecular formula is C20H23ClN6O. The molecule has 0 unspecified atom stereocenters. The molecule has 2 aromatic heterocycles. The maximum absolute atomic E-state index is 13.0. The van der Waals surface area contributed by atoms with Crippen molar-refractivity contribution >= 4 is 40.0 Å². The molecule has 1 aromatic carbocycles. The minimum atomic E-state index is -0.599. The molecule has 146 valence electrons. The second-order valence-corrected chi connectivity index (χ2v) is 7.76. The van der Waals surface area contributed by atoms with Crippen molar-refractivity contribution in [2.75, 3.05) is 29.9 Å². The molecule has 0 atom stereocenters. The molecule has 3 heterocycles. The number of anilines is 2. The van der Waals surface area contributed by atoms with Gasteiger partial charge in [-0.25, -0.2) is 9.97 Å². The summed E-state index contributed by atoms with van der Waals surface area (Å²) in [5.74, 6) is 0.854. The van der Waals surface area contributed by atoms with E-state index in [1.54, 1.807) is 18.5 Å². The Morgan fingerprint density at radius 3 is 2.86 bits per heavy atom. The predicted molar refractivity (Wildman–Crippen MR) is 112 cm³/mol.